The number of rotatable bonds is 3. The highest BCUT2D eigenvalue weighted by atomic mass is 35.5. The van der Waals surface area contributed by atoms with Gasteiger partial charge in [-0.15, -0.1) is 0 Å². The van der Waals surface area contributed by atoms with E-state index in [9.17, 15) is 4.79 Å². The molecule has 17 heavy (non-hydrogen) atoms. The van der Waals surface area contributed by atoms with Gasteiger partial charge in [0.15, 0.2) is 5.82 Å². The SMILES string of the molecule is O=C(CC1CCCCC1)Nc1cnc(Cl)cn1. The normalized spacial score (nSPS) is 16.8. The Morgan fingerprint density at radius 1 is 1.29 bits per heavy atom. The Hall–Kier alpha value is -1.16. The lowest BCUT2D eigenvalue weighted by Gasteiger charge is -2.20. The van der Waals surface area contributed by atoms with Gasteiger partial charge in [0.1, 0.15) is 5.15 Å². The standard InChI is InChI=1S/C12H16ClN3O/c13-10-7-15-11(8-14-10)16-12(17)6-9-4-2-1-3-5-9/h7-9H,1-6H2,(H,15,16,17). The minimum atomic E-state index is 0.0218. The van der Waals surface area contributed by atoms with Crippen LogP contribution in [0.25, 0.3) is 0 Å². The van der Waals surface area contributed by atoms with Crippen LogP contribution in [-0.4, -0.2) is 15.9 Å². The number of nitrogens with one attached hydrogen (secondary N) is 1. The molecule has 4 nitrogen and oxygen atoms in total. The first-order valence-electron chi connectivity index (χ1n) is 6.01. The zero-order valence-corrected chi connectivity index (χ0v) is 10.4. The highest BCUT2D eigenvalue weighted by Crippen LogP contribution is 2.26. The second-order valence-electron chi connectivity index (χ2n) is 4.48. The van der Waals surface area contributed by atoms with Crippen LogP contribution in [-0.2, 0) is 4.79 Å². The van der Waals surface area contributed by atoms with Gasteiger partial charge in [0, 0.05) is 6.42 Å². The largest absolute Gasteiger partial charge is 0.309 e. The van der Waals surface area contributed by atoms with Crippen molar-refractivity contribution in [3.05, 3.63) is 17.5 Å². The van der Waals surface area contributed by atoms with Crippen molar-refractivity contribution in [2.75, 3.05) is 5.32 Å². The molecular weight excluding hydrogens is 238 g/mol. The van der Waals surface area contributed by atoms with Crippen molar-refractivity contribution in [3.63, 3.8) is 0 Å². The predicted octanol–water partition coefficient (Wildman–Crippen LogP) is 3.04. The first kappa shape index (κ1) is 12.3. The molecule has 1 fully saturated rings. The Morgan fingerprint density at radius 3 is 2.71 bits per heavy atom. The zero-order chi connectivity index (χ0) is 12.1. The van der Waals surface area contributed by atoms with Gasteiger partial charge in [-0.25, -0.2) is 9.97 Å². The van der Waals surface area contributed by atoms with Gasteiger partial charge >= 0.3 is 0 Å². The molecule has 1 N–H and O–H groups in total. The minimum Gasteiger partial charge on any atom is -0.309 e. The fourth-order valence-electron chi connectivity index (χ4n) is 2.22. The van der Waals surface area contributed by atoms with Crippen LogP contribution in [0.3, 0.4) is 0 Å². The fraction of sp³-hybridized carbons (Fsp3) is 0.583. The molecule has 0 unspecified atom stereocenters. The molecule has 0 bridgehead atoms. The summed E-state index contributed by atoms with van der Waals surface area (Å²) in [6.07, 6.45) is 9.63. The van der Waals surface area contributed by atoms with Crippen molar-refractivity contribution in [2.24, 2.45) is 5.92 Å². The van der Waals surface area contributed by atoms with Gasteiger partial charge in [-0.1, -0.05) is 30.9 Å². The Kier molecular flexibility index (Phi) is 4.31. The van der Waals surface area contributed by atoms with Gasteiger partial charge in [0.2, 0.25) is 5.91 Å². The van der Waals surface area contributed by atoms with Crippen molar-refractivity contribution >= 4 is 23.3 Å². The molecule has 1 aromatic rings. The van der Waals surface area contributed by atoms with Crippen molar-refractivity contribution < 1.29 is 4.79 Å². The number of nitrogens with zero attached hydrogens (tertiary/aromatic N) is 2. The summed E-state index contributed by atoms with van der Waals surface area (Å²) in [7, 11) is 0. The second kappa shape index (κ2) is 5.96. The lowest BCUT2D eigenvalue weighted by Crippen LogP contribution is -2.18. The van der Waals surface area contributed by atoms with E-state index in [1.165, 1.54) is 44.5 Å². The van der Waals surface area contributed by atoms with Gasteiger partial charge in [-0.2, -0.15) is 0 Å². The van der Waals surface area contributed by atoms with Gasteiger partial charge in [0.05, 0.1) is 12.4 Å². The predicted molar refractivity (Wildman–Crippen MR) is 66.9 cm³/mol. The topological polar surface area (TPSA) is 54.9 Å². The number of carbonyl (C=O) groups excluding carboxylic acids is 1. The molecule has 0 aliphatic heterocycles. The van der Waals surface area contributed by atoms with E-state index in [1.54, 1.807) is 0 Å². The summed E-state index contributed by atoms with van der Waals surface area (Å²) in [5.74, 6) is 1.02. The molecule has 5 heteroatoms. The summed E-state index contributed by atoms with van der Waals surface area (Å²) in [5.41, 5.74) is 0. The van der Waals surface area contributed by atoms with Crippen LogP contribution >= 0.6 is 11.6 Å². The van der Waals surface area contributed by atoms with Crippen LogP contribution in [0.4, 0.5) is 5.82 Å². The van der Waals surface area contributed by atoms with E-state index in [1.807, 2.05) is 0 Å². The second-order valence-corrected chi connectivity index (χ2v) is 4.87. The maximum atomic E-state index is 11.8. The zero-order valence-electron chi connectivity index (χ0n) is 9.66. The summed E-state index contributed by atoms with van der Waals surface area (Å²) in [5, 5.41) is 3.07. The average Bonchev–Trinajstić information content (AvgIpc) is 2.33. The summed E-state index contributed by atoms with van der Waals surface area (Å²) in [6, 6.07) is 0. The summed E-state index contributed by atoms with van der Waals surface area (Å²) in [6.45, 7) is 0. The number of halogens is 1. The number of anilines is 1. The van der Waals surface area contributed by atoms with Crippen LogP contribution in [0.5, 0.6) is 0 Å². The van der Waals surface area contributed by atoms with Crippen molar-refractivity contribution in [3.8, 4) is 0 Å². The van der Waals surface area contributed by atoms with E-state index in [0.717, 1.165) is 0 Å². The smallest absolute Gasteiger partial charge is 0.225 e. The molecule has 1 heterocycles. The van der Waals surface area contributed by atoms with Crippen molar-refractivity contribution in [1.82, 2.24) is 9.97 Å². The third-order valence-electron chi connectivity index (χ3n) is 3.09. The summed E-state index contributed by atoms with van der Waals surface area (Å²) in [4.78, 5) is 19.6. The van der Waals surface area contributed by atoms with Crippen LogP contribution in [0.1, 0.15) is 38.5 Å². The van der Waals surface area contributed by atoms with Gasteiger partial charge in [0.25, 0.3) is 0 Å². The lowest BCUT2D eigenvalue weighted by atomic mass is 9.87. The molecular formula is C12H16ClN3O. The molecule has 1 amide bonds. The van der Waals surface area contributed by atoms with E-state index in [-0.39, 0.29) is 5.91 Å². The van der Waals surface area contributed by atoms with E-state index < -0.39 is 0 Å². The molecule has 2 rings (SSSR count). The molecule has 0 aromatic carbocycles. The van der Waals surface area contributed by atoms with E-state index >= 15 is 0 Å². The van der Waals surface area contributed by atoms with Crippen LogP contribution in [0.15, 0.2) is 12.4 Å². The molecule has 0 saturated heterocycles. The lowest BCUT2D eigenvalue weighted by molar-refractivity contribution is -0.117. The molecule has 92 valence electrons. The number of hydrogen-bond acceptors (Lipinski definition) is 3. The van der Waals surface area contributed by atoms with Crippen LogP contribution in [0, 0.1) is 5.92 Å². The van der Waals surface area contributed by atoms with Crippen molar-refractivity contribution in [1.29, 1.82) is 0 Å². The van der Waals surface area contributed by atoms with E-state index in [2.05, 4.69) is 15.3 Å². The Balaban J connectivity index is 1.82. The molecule has 1 aromatic heterocycles. The Labute approximate surface area is 106 Å². The summed E-state index contributed by atoms with van der Waals surface area (Å²) < 4.78 is 0. The van der Waals surface area contributed by atoms with Gasteiger partial charge < -0.3 is 5.32 Å². The van der Waals surface area contributed by atoms with E-state index in [4.69, 9.17) is 11.6 Å². The van der Waals surface area contributed by atoms with E-state index in [0.29, 0.717) is 23.3 Å². The maximum Gasteiger partial charge on any atom is 0.225 e. The summed E-state index contributed by atoms with van der Waals surface area (Å²) >= 11 is 5.62. The first-order valence-corrected chi connectivity index (χ1v) is 6.39. The third kappa shape index (κ3) is 3.97. The molecule has 1 aliphatic rings. The molecule has 1 saturated carbocycles. The number of aromatic nitrogens is 2. The number of carbonyl (C=O) groups is 1. The van der Waals surface area contributed by atoms with Gasteiger partial charge in [-0.05, 0) is 18.8 Å². The quantitative estimate of drug-likeness (QED) is 0.901. The van der Waals surface area contributed by atoms with Gasteiger partial charge in [-0.3, -0.25) is 4.79 Å². The highest BCUT2D eigenvalue weighted by Gasteiger charge is 2.17. The Morgan fingerprint density at radius 2 is 2.06 bits per heavy atom. The highest BCUT2D eigenvalue weighted by molar-refractivity contribution is 6.29. The Bertz CT molecular complexity index is 374. The molecule has 1 aliphatic carbocycles. The number of hydrogen-bond donors (Lipinski definition) is 1. The number of amides is 1. The van der Waals surface area contributed by atoms with Crippen LogP contribution in [0.2, 0.25) is 5.15 Å². The third-order valence-corrected chi connectivity index (χ3v) is 3.28. The molecule has 0 radical (unpaired) electrons. The molecule has 0 atom stereocenters. The first-order chi connectivity index (χ1) is 8.24. The minimum absolute atomic E-state index is 0.0218. The van der Waals surface area contributed by atoms with Crippen molar-refractivity contribution in [2.45, 2.75) is 38.5 Å². The maximum absolute atomic E-state index is 11.8. The monoisotopic (exact) mass is 253 g/mol. The average molecular weight is 254 g/mol. The fourth-order valence-corrected chi connectivity index (χ4v) is 2.32. The molecule has 0 spiro atoms. The van der Waals surface area contributed by atoms with Crippen LogP contribution < -0.4 is 5.32 Å².